The van der Waals surface area contributed by atoms with Crippen LogP contribution in [0.4, 0.5) is 5.82 Å². The van der Waals surface area contributed by atoms with Gasteiger partial charge in [0.1, 0.15) is 12.1 Å². The quantitative estimate of drug-likeness (QED) is 0.781. The van der Waals surface area contributed by atoms with Crippen molar-refractivity contribution in [3.8, 4) is 0 Å². The van der Waals surface area contributed by atoms with Crippen LogP contribution < -0.4 is 10.2 Å². The van der Waals surface area contributed by atoms with Gasteiger partial charge < -0.3 is 15.1 Å². The summed E-state index contributed by atoms with van der Waals surface area (Å²) in [6, 6.07) is 1.11. The summed E-state index contributed by atoms with van der Waals surface area (Å²) in [5.41, 5.74) is 0.837. The normalized spacial score (nSPS) is 19.4. The number of amides is 1. The van der Waals surface area contributed by atoms with Crippen LogP contribution in [0, 0.1) is 0 Å². The number of rotatable bonds is 5. The Balaban J connectivity index is 1.28. The van der Waals surface area contributed by atoms with Crippen LogP contribution in [0.15, 0.2) is 12.5 Å². The Hall–Kier alpha value is -2.26. The average Bonchev–Trinajstić information content (AvgIpc) is 3.10. The third kappa shape index (κ3) is 4.51. The summed E-state index contributed by atoms with van der Waals surface area (Å²) in [5.74, 6) is 1.16. The molecule has 2 saturated heterocycles. The SMILES string of the molecule is CC(C)NC1CCN(CC(=O)N2CCN(c3ncnc4c3cnn4C)CC2)CC1. The first kappa shape index (κ1) is 20.0. The second kappa shape index (κ2) is 8.62. The molecule has 2 aliphatic rings. The van der Waals surface area contributed by atoms with Crippen LogP contribution in [-0.2, 0) is 11.8 Å². The van der Waals surface area contributed by atoms with E-state index in [0.717, 1.165) is 69.0 Å². The molecule has 2 aliphatic heterocycles. The summed E-state index contributed by atoms with van der Waals surface area (Å²) in [5, 5.41) is 8.87. The largest absolute Gasteiger partial charge is 0.352 e. The molecular weight excluding hydrogens is 368 g/mol. The molecule has 9 heteroatoms. The van der Waals surface area contributed by atoms with Crippen molar-refractivity contribution < 1.29 is 4.79 Å². The zero-order valence-corrected chi connectivity index (χ0v) is 17.7. The Bertz CT molecular complexity index is 834. The van der Waals surface area contributed by atoms with Crippen LogP contribution in [-0.4, -0.2) is 93.4 Å². The third-order valence-corrected chi connectivity index (χ3v) is 5.96. The number of anilines is 1. The van der Waals surface area contributed by atoms with E-state index in [4.69, 9.17) is 0 Å². The molecule has 0 bridgehead atoms. The van der Waals surface area contributed by atoms with E-state index in [1.54, 1.807) is 11.0 Å². The standard InChI is InChI=1S/C20H32N8O/c1-15(2)24-16-4-6-26(7-5-16)13-18(29)27-8-10-28(11-9-27)20-17-12-23-25(3)19(17)21-14-22-20/h12,14-16,24H,4-11,13H2,1-3H3. The fourth-order valence-electron chi connectivity index (χ4n) is 4.39. The molecule has 2 aromatic heterocycles. The lowest BCUT2D eigenvalue weighted by molar-refractivity contribution is -0.133. The Morgan fingerprint density at radius 3 is 2.55 bits per heavy atom. The first-order valence-electron chi connectivity index (χ1n) is 10.6. The molecule has 158 valence electrons. The van der Waals surface area contributed by atoms with E-state index < -0.39 is 0 Å². The third-order valence-electron chi connectivity index (χ3n) is 5.96. The number of fused-ring (bicyclic) bond motifs is 1. The maximum absolute atomic E-state index is 12.8. The highest BCUT2D eigenvalue weighted by atomic mass is 16.2. The van der Waals surface area contributed by atoms with Gasteiger partial charge in [-0.05, 0) is 12.8 Å². The molecule has 0 radical (unpaired) electrons. The number of piperidine rings is 1. The highest BCUT2D eigenvalue weighted by Gasteiger charge is 2.26. The molecule has 2 fully saturated rings. The number of likely N-dealkylation sites (tertiary alicyclic amines) is 1. The molecule has 0 unspecified atom stereocenters. The monoisotopic (exact) mass is 400 g/mol. The lowest BCUT2D eigenvalue weighted by atomic mass is 10.0. The van der Waals surface area contributed by atoms with Crippen LogP contribution in [0.1, 0.15) is 26.7 Å². The highest BCUT2D eigenvalue weighted by molar-refractivity contribution is 5.86. The van der Waals surface area contributed by atoms with E-state index in [0.29, 0.717) is 18.6 Å². The van der Waals surface area contributed by atoms with Gasteiger partial charge in [-0.1, -0.05) is 13.8 Å². The van der Waals surface area contributed by atoms with E-state index in [1.165, 1.54) is 0 Å². The number of hydrogen-bond donors (Lipinski definition) is 1. The van der Waals surface area contributed by atoms with Gasteiger partial charge in [0.15, 0.2) is 5.65 Å². The van der Waals surface area contributed by atoms with E-state index in [2.05, 4.69) is 44.0 Å². The fourth-order valence-corrected chi connectivity index (χ4v) is 4.39. The Kier molecular flexibility index (Phi) is 5.96. The van der Waals surface area contributed by atoms with Crippen molar-refractivity contribution >= 4 is 22.8 Å². The predicted octanol–water partition coefficient (Wildman–Crippen LogP) is 0.474. The maximum Gasteiger partial charge on any atom is 0.236 e. The summed E-state index contributed by atoms with van der Waals surface area (Å²) in [4.78, 5) is 28.1. The van der Waals surface area contributed by atoms with Crippen molar-refractivity contribution in [2.24, 2.45) is 7.05 Å². The number of aromatic nitrogens is 4. The Labute approximate surface area is 172 Å². The molecule has 9 nitrogen and oxygen atoms in total. The molecule has 0 aliphatic carbocycles. The maximum atomic E-state index is 12.8. The van der Waals surface area contributed by atoms with Crippen molar-refractivity contribution in [1.29, 1.82) is 0 Å². The molecular formula is C20H32N8O. The lowest BCUT2D eigenvalue weighted by Crippen LogP contribution is -2.53. The molecule has 0 atom stereocenters. The number of aryl methyl sites for hydroxylation is 1. The predicted molar refractivity (Wildman–Crippen MR) is 113 cm³/mol. The van der Waals surface area contributed by atoms with Gasteiger partial charge in [0.05, 0.1) is 18.1 Å². The first-order valence-corrected chi connectivity index (χ1v) is 10.6. The van der Waals surface area contributed by atoms with Crippen molar-refractivity contribution in [3.63, 3.8) is 0 Å². The van der Waals surface area contributed by atoms with Crippen molar-refractivity contribution in [2.75, 3.05) is 50.7 Å². The lowest BCUT2D eigenvalue weighted by Gasteiger charge is -2.38. The minimum Gasteiger partial charge on any atom is -0.352 e. The molecule has 29 heavy (non-hydrogen) atoms. The van der Waals surface area contributed by atoms with Crippen molar-refractivity contribution in [1.82, 2.24) is 34.9 Å². The minimum atomic E-state index is 0.245. The fraction of sp³-hybridized carbons (Fsp3) is 0.700. The number of nitrogens with zero attached hydrogens (tertiary/aromatic N) is 7. The van der Waals surface area contributed by atoms with Gasteiger partial charge >= 0.3 is 0 Å². The molecule has 1 N–H and O–H groups in total. The first-order chi connectivity index (χ1) is 14.0. The number of hydrogen-bond acceptors (Lipinski definition) is 7. The van der Waals surface area contributed by atoms with Crippen molar-refractivity contribution in [3.05, 3.63) is 12.5 Å². The summed E-state index contributed by atoms with van der Waals surface area (Å²) >= 11 is 0. The van der Waals surface area contributed by atoms with E-state index in [1.807, 2.05) is 18.1 Å². The van der Waals surface area contributed by atoms with E-state index >= 15 is 0 Å². The van der Waals surface area contributed by atoms with Gasteiger partial charge in [-0.25, -0.2) is 9.97 Å². The minimum absolute atomic E-state index is 0.245. The van der Waals surface area contributed by atoms with Crippen LogP contribution in [0.5, 0.6) is 0 Å². The van der Waals surface area contributed by atoms with E-state index in [9.17, 15) is 4.79 Å². The number of nitrogens with one attached hydrogen (secondary N) is 1. The van der Waals surface area contributed by atoms with Gasteiger partial charge in [-0.15, -0.1) is 0 Å². The van der Waals surface area contributed by atoms with E-state index in [-0.39, 0.29) is 5.91 Å². The summed E-state index contributed by atoms with van der Waals surface area (Å²) < 4.78 is 1.76. The second-order valence-electron chi connectivity index (χ2n) is 8.44. The molecule has 0 aromatic carbocycles. The summed E-state index contributed by atoms with van der Waals surface area (Å²) in [7, 11) is 1.89. The van der Waals surface area contributed by atoms with Gasteiger partial charge in [0.25, 0.3) is 0 Å². The van der Waals surface area contributed by atoms with Gasteiger partial charge in [-0.2, -0.15) is 5.10 Å². The van der Waals surface area contributed by atoms with Gasteiger partial charge in [0.2, 0.25) is 5.91 Å². The van der Waals surface area contributed by atoms with Gasteiger partial charge in [0, 0.05) is 58.4 Å². The average molecular weight is 401 g/mol. The number of carbonyl (C=O) groups excluding carboxylic acids is 1. The summed E-state index contributed by atoms with van der Waals surface area (Å²) in [6.45, 7) is 9.94. The highest BCUT2D eigenvalue weighted by Crippen LogP contribution is 2.23. The zero-order chi connectivity index (χ0) is 20.4. The second-order valence-corrected chi connectivity index (χ2v) is 8.44. The van der Waals surface area contributed by atoms with Crippen LogP contribution in [0.25, 0.3) is 11.0 Å². The Morgan fingerprint density at radius 1 is 1.14 bits per heavy atom. The topological polar surface area (TPSA) is 82.4 Å². The van der Waals surface area contributed by atoms with Crippen LogP contribution >= 0.6 is 0 Å². The molecule has 4 rings (SSSR count). The van der Waals surface area contributed by atoms with Gasteiger partial charge in [-0.3, -0.25) is 14.4 Å². The number of piperazine rings is 1. The Morgan fingerprint density at radius 2 is 1.86 bits per heavy atom. The number of carbonyl (C=O) groups is 1. The molecule has 2 aromatic rings. The molecule has 4 heterocycles. The zero-order valence-electron chi connectivity index (χ0n) is 17.7. The molecule has 1 amide bonds. The molecule has 0 spiro atoms. The van der Waals surface area contributed by atoms with Crippen LogP contribution in [0.2, 0.25) is 0 Å². The molecule has 0 saturated carbocycles. The summed E-state index contributed by atoms with van der Waals surface area (Å²) in [6.07, 6.45) is 5.65. The van der Waals surface area contributed by atoms with Crippen molar-refractivity contribution in [2.45, 2.75) is 38.8 Å². The van der Waals surface area contributed by atoms with Crippen LogP contribution in [0.3, 0.4) is 0 Å². The smallest absolute Gasteiger partial charge is 0.236 e.